The summed E-state index contributed by atoms with van der Waals surface area (Å²) in [6.07, 6.45) is 1.36. The molecule has 7 nitrogen and oxygen atoms in total. The van der Waals surface area contributed by atoms with Crippen molar-refractivity contribution in [2.45, 2.75) is 12.3 Å². The molecule has 25 heavy (non-hydrogen) atoms. The second kappa shape index (κ2) is 6.64. The van der Waals surface area contributed by atoms with Gasteiger partial charge in [0.05, 0.1) is 19.1 Å². The van der Waals surface area contributed by atoms with Gasteiger partial charge in [0.2, 0.25) is 5.88 Å². The number of aromatic hydroxyl groups is 2. The highest BCUT2D eigenvalue weighted by Crippen LogP contribution is 2.32. The number of carbonyl (C=O) groups is 1. The first-order chi connectivity index (χ1) is 12.0. The zero-order valence-electron chi connectivity index (χ0n) is 13.4. The van der Waals surface area contributed by atoms with Crippen LogP contribution in [0.5, 0.6) is 11.6 Å². The summed E-state index contributed by atoms with van der Waals surface area (Å²) in [6, 6.07) is 11.1. The topological polar surface area (TPSA) is 101 Å². The Morgan fingerprint density at radius 2 is 2.04 bits per heavy atom. The highest BCUT2D eigenvalue weighted by Gasteiger charge is 2.27. The smallest absolute Gasteiger partial charge is 0.306 e. The van der Waals surface area contributed by atoms with E-state index in [9.17, 15) is 19.8 Å². The number of fused-ring (bicyclic) bond motifs is 1. The SMILES string of the molecule is COC(=O)C[C@H](c1cccc(O)c1)c1c(O)nc2ccccn2c1=O. The monoisotopic (exact) mass is 340 g/mol. The largest absolute Gasteiger partial charge is 0.508 e. The fourth-order valence-electron chi connectivity index (χ4n) is 2.77. The molecule has 0 aliphatic carbocycles. The first-order valence-electron chi connectivity index (χ1n) is 7.57. The minimum Gasteiger partial charge on any atom is -0.508 e. The number of aromatic nitrogens is 2. The van der Waals surface area contributed by atoms with Crippen LogP contribution in [0, 0.1) is 0 Å². The Kier molecular flexibility index (Phi) is 4.38. The van der Waals surface area contributed by atoms with E-state index in [1.54, 1.807) is 30.3 Å². The Morgan fingerprint density at radius 3 is 2.76 bits per heavy atom. The lowest BCUT2D eigenvalue weighted by Gasteiger charge is -2.17. The van der Waals surface area contributed by atoms with Crippen molar-refractivity contribution >= 4 is 11.6 Å². The Balaban J connectivity index is 2.24. The van der Waals surface area contributed by atoms with Gasteiger partial charge >= 0.3 is 5.97 Å². The zero-order valence-corrected chi connectivity index (χ0v) is 13.4. The number of carbonyl (C=O) groups excluding carboxylic acids is 1. The van der Waals surface area contributed by atoms with Crippen molar-refractivity contribution in [3.63, 3.8) is 0 Å². The van der Waals surface area contributed by atoms with Gasteiger partial charge in [-0.25, -0.2) is 0 Å². The quantitative estimate of drug-likeness (QED) is 0.702. The molecule has 1 atom stereocenters. The number of hydrogen-bond donors (Lipinski definition) is 2. The van der Waals surface area contributed by atoms with Crippen LogP contribution in [0.3, 0.4) is 0 Å². The fourth-order valence-corrected chi connectivity index (χ4v) is 2.77. The Bertz CT molecular complexity index is 996. The molecule has 128 valence electrons. The maximum absolute atomic E-state index is 12.9. The molecule has 0 aliphatic heterocycles. The van der Waals surface area contributed by atoms with Crippen LogP contribution in [-0.4, -0.2) is 32.7 Å². The molecule has 0 aliphatic rings. The molecule has 2 N–H and O–H groups in total. The van der Waals surface area contributed by atoms with Gasteiger partial charge in [-0.05, 0) is 29.8 Å². The van der Waals surface area contributed by atoms with E-state index >= 15 is 0 Å². The summed E-state index contributed by atoms with van der Waals surface area (Å²) in [4.78, 5) is 28.8. The highest BCUT2D eigenvalue weighted by molar-refractivity contribution is 5.71. The summed E-state index contributed by atoms with van der Waals surface area (Å²) in [6.45, 7) is 0. The predicted octanol–water partition coefficient (Wildman–Crippen LogP) is 1.80. The van der Waals surface area contributed by atoms with E-state index < -0.39 is 23.3 Å². The van der Waals surface area contributed by atoms with E-state index in [1.165, 1.54) is 29.8 Å². The van der Waals surface area contributed by atoms with Gasteiger partial charge in [-0.2, -0.15) is 4.98 Å². The minimum absolute atomic E-state index is 0.0132. The van der Waals surface area contributed by atoms with Crippen LogP contribution in [0.15, 0.2) is 53.5 Å². The zero-order chi connectivity index (χ0) is 18.0. The summed E-state index contributed by atoms with van der Waals surface area (Å²) in [5.74, 6) is -1.82. The number of phenolic OH excluding ortho intramolecular Hbond substituents is 1. The number of phenols is 1. The molecule has 7 heteroatoms. The van der Waals surface area contributed by atoms with Crippen LogP contribution >= 0.6 is 0 Å². The van der Waals surface area contributed by atoms with Crippen molar-refractivity contribution in [1.82, 2.24) is 9.38 Å². The summed E-state index contributed by atoms with van der Waals surface area (Å²) < 4.78 is 6.00. The molecule has 0 saturated carbocycles. The number of ether oxygens (including phenoxy) is 1. The third-order valence-corrected chi connectivity index (χ3v) is 3.97. The fraction of sp³-hybridized carbons (Fsp3) is 0.167. The molecular formula is C18H16N2O5. The van der Waals surface area contributed by atoms with E-state index in [0.29, 0.717) is 11.2 Å². The summed E-state index contributed by atoms with van der Waals surface area (Å²) >= 11 is 0. The normalized spacial score (nSPS) is 12.0. The molecule has 3 aromatic rings. The number of methoxy groups -OCH3 is 1. The van der Waals surface area contributed by atoms with Crippen molar-refractivity contribution in [3.05, 3.63) is 70.1 Å². The lowest BCUT2D eigenvalue weighted by Crippen LogP contribution is -2.24. The van der Waals surface area contributed by atoms with Gasteiger partial charge < -0.3 is 14.9 Å². The standard InChI is InChI=1S/C18H16N2O5/c1-25-15(22)10-13(11-5-4-6-12(21)9-11)16-17(23)19-14-7-2-3-8-20(14)18(16)24/h2-9,13,21,23H,10H2,1H3/t13-/m1/s1. The third kappa shape index (κ3) is 3.16. The van der Waals surface area contributed by atoms with Crippen molar-refractivity contribution in [1.29, 1.82) is 0 Å². The van der Waals surface area contributed by atoms with Gasteiger partial charge in [0.15, 0.2) is 0 Å². The van der Waals surface area contributed by atoms with E-state index in [-0.39, 0.29) is 17.7 Å². The van der Waals surface area contributed by atoms with Crippen LogP contribution in [-0.2, 0) is 9.53 Å². The molecule has 0 bridgehead atoms. The first-order valence-corrected chi connectivity index (χ1v) is 7.57. The summed E-state index contributed by atoms with van der Waals surface area (Å²) in [7, 11) is 1.24. The van der Waals surface area contributed by atoms with Gasteiger partial charge in [0.1, 0.15) is 11.4 Å². The molecule has 0 amide bonds. The second-order valence-corrected chi connectivity index (χ2v) is 5.51. The van der Waals surface area contributed by atoms with E-state index in [1.807, 2.05) is 0 Å². The summed E-state index contributed by atoms with van der Waals surface area (Å²) in [5, 5.41) is 20.1. The Hall–Kier alpha value is -3.35. The highest BCUT2D eigenvalue weighted by atomic mass is 16.5. The summed E-state index contributed by atoms with van der Waals surface area (Å²) in [5.41, 5.74) is 0.275. The molecule has 0 spiro atoms. The number of esters is 1. The lowest BCUT2D eigenvalue weighted by molar-refractivity contribution is -0.140. The van der Waals surface area contributed by atoms with Crippen LogP contribution in [0.1, 0.15) is 23.5 Å². The molecule has 0 saturated heterocycles. The van der Waals surface area contributed by atoms with Crippen LogP contribution in [0.2, 0.25) is 0 Å². The molecular weight excluding hydrogens is 324 g/mol. The van der Waals surface area contributed by atoms with Gasteiger partial charge in [-0.1, -0.05) is 18.2 Å². The maximum atomic E-state index is 12.9. The van der Waals surface area contributed by atoms with E-state index in [2.05, 4.69) is 4.98 Å². The van der Waals surface area contributed by atoms with Gasteiger partial charge in [0, 0.05) is 12.1 Å². The molecule has 0 unspecified atom stereocenters. The van der Waals surface area contributed by atoms with Crippen molar-refractivity contribution in [2.75, 3.05) is 7.11 Å². The van der Waals surface area contributed by atoms with Crippen molar-refractivity contribution in [3.8, 4) is 11.6 Å². The molecule has 0 radical (unpaired) electrons. The van der Waals surface area contributed by atoms with Crippen LogP contribution in [0.25, 0.3) is 5.65 Å². The minimum atomic E-state index is -0.809. The second-order valence-electron chi connectivity index (χ2n) is 5.51. The molecule has 2 aromatic heterocycles. The molecule has 0 fully saturated rings. The van der Waals surface area contributed by atoms with Gasteiger partial charge in [-0.15, -0.1) is 0 Å². The lowest BCUT2D eigenvalue weighted by atomic mass is 9.89. The predicted molar refractivity (Wildman–Crippen MR) is 89.7 cm³/mol. The average Bonchev–Trinajstić information content (AvgIpc) is 2.60. The third-order valence-electron chi connectivity index (χ3n) is 3.97. The maximum Gasteiger partial charge on any atom is 0.306 e. The van der Waals surface area contributed by atoms with Gasteiger partial charge in [0.25, 0.3) is 5.56 Å². The molecule has 1 aromatic carbocycles. The Labute approximate surface area is 142 Å². The number of rotatable bonds is 4. The van der Waals surface area contributed by atoms with Gasteiger partial charge in [-0.3, -0.25) is 14.0 Å². The average molecular weight is 340 g/mol. The van der Waals surface area contributed by atoms with Crippen LogP contribution in [0.4, 0.5) is 0 Å². The number of benzene rings is 1. The van der Waals surface area contributed by atoms with Crippen LogP contribution < -0.4 is 5.56 Å². The van der Waals surface area contributed by atoms with Crippen molar-refractivity contribution < 1.29 is 19.7 Å². The molecule has 2 heterocycles. The Morgan fingerprint density at radius 1 is 1.24 bits per heavy atom. The van der Waals surface area contributed by atoms with Crippen molar-refractivity contribution in [2.24, 2.45) is 0 Å². The number of hydrogen-bond acceptors (Lipinski definition) is 6. The molecule has 3 rings (SSSR count). The number of nitrogens with zero attached hydrogens (tertiary/aromatic N) is 2. The van der Waals surface area contributed by atoms with E-state index in [4.69, 9.17) is 4.74 Å². The number of pyridine rings is 1. The first kappa shape index (κ1) is 16.5. The van der Waals surface area contributed by atoms with E-state index in [0.717, 1.165) is 0 Å².